The van der Waals surface area contributed by atoms with Crippen molar-refractivity contribution in [3.63, 3.8) is 0 Å². The van der Waals surface area contributed by atoms with Gasteiger partial charge in [-0.25, -0.2) is 5.01 Å². The Morgan fingerprint density at radius 3 is 3.05 bits per heavy atom. The van der Waals surface area contributed by atoms with Crippen LogP contribution in [-0.4, -0.2) is 47.7 Å². The van der Waals surface area contributed by atoms with E-state index in [-0.39, 0.29) is 24.3 Å². The number of hydrogen-bond donors (Lipinski definition) is 1. The average Bonchev–Trinajstić information content (AvgIpc) is 2.48. The molecule has 3 rings (SSSR count). The Morgan fingerprint density at radius 1 is 1.45 bits per heavy atom. The minimum atomic E-state index is -0.158. The third-order valence-corrected chi connectivity index (χ3v) is 4.17. The molecule has 116 valence electrons. The molecule has 2 aliphatic rings. The zero-order valence-corrected chi connectivity index (χ0v) is 13.0. The van der Waals surface area contributed by atoms with Gasteiger partial charge >= 0.3 is 0 Å². The van der Waals surface area contributed by atoms with Crippen molar-refractivity contribution >= 4 is 34.9 Å². The van der Waals surface area contributed by atoms with Crippen LogP contribution < -0.4 is 5.32 Å². The lowest BCUT2D eigenvalue weighted by molar-refractivity contribution is -0.132. The van der Waals surface area contributed by atoms with Gasteiger partial charge in [0, 0.05) is 30.7 Å². The molecular weight excluding hydrogens is 304 g/mol. The number of rotatable bonds is 2. The number of benzene rings is 1. The van der Waals surface area contributed by atoms with E-state index >= 15 is 0 Å². The van der Waals surface area contributed by atoms with Crippen LogP contribution in [0.15, 0.2) is 29.4 Å². The summed E-state index contributed by atoms with van der Waals surface area (Å²) in [5.41, 5.74) is 0.686. The predicted molar refractivity (Wildman–Crippen MR) is 84.6 cm³/mol. The molecule has 1 fully saturated rings. The highest BCUT2D eigenvalue weighted by molar-refractivity contribution is 6.30. The van der Waals surface area contributed by atoms with Gasteiger partial charge < -0.3 is 10.2 Å². The summed E-state index contributed by atoms with van der Waals surface area (Å²) in [7, 11) is 1.66. The Hall–Kier alpha value is -2.08. The Balaban J connectivity index is 1.66. The topological polar surface area (TPSA) is 65.0 Å². The number of likely N-dealkylation sites (N-methyl/N-ethyl adjacent to an activating group) is 1. The molecule has 0 bridgehead atoms. The van der Waals surface area contributed by atoms with Crippen molar-refractivity contribution in [2.75, 3.05) is 25.5 Å². The maximum Gasteiger partial charge on any atom is 0.261 e. The van der Waals surface area contributed by atoms with Crippen LogP contribution in [0.25, 0.3) is 0 Å². The normalized spacial score (nSPS) is 21.3. The number of hydrazone groups is 1. The molecule has 2 aliphatic heterocycles. The Morgan fingerprint density at radius 2 is 2.27 bits per heavy atom. The molecule has 0 aromatic heterocycles. The third kappa shape index (κ3) is 3.06. The zero-order valence-electron chi connectivity index (χ0n) is 12.3. The van der Waals surface area contributed by atoms with Crippen molar-refractivity contribution in [2.24, 2.45) is 11.0 Å². The van der Waals surface area contributed by atoms with Crippen molar-refractivity contribution in [2.45, 2.75) is 12.8 Å². The summed E-state index contributed by atoms with van der Waals surface area (Å²) >= 11 is 5.92. The summed E-state index contributed by atoms with van der Waals surface area (Å²) in [6.45, 7) is 0.807. The van der Waals surface area contributed by atoms with Gasteiger partial charge in [-0.3, -0.25) is 9.59 Å². The molecule has 0 saturated carbocycles. The average molecular weight is 321 g/mol. The van der Waals surface area contributed by atoms with Crippen LogP contribution in [0.2, 0.25) is 5.02 Å². The molecular formula is C15H17ClN4O2. The summed E-state index contributed by atoms with van der Waals surface area (Å²) in [6, 6.07) is 7.08. The van der Waals surface area contributed by atoms with Crippen LogP contribution in [0.5, 0.6) is 0 Å². The first kappa shape index (κ1) is 14.8. The molecule has 1 atom stereocenters. The second-order valence-corrected chi connectivity index (χ2v) is 5.99. The lowest BCUT2D eigenvalue weighted by Crippen LogP contribution is -2.51. The zero-order chi connectivity index (χ0) is 15.7. The summed E-state index contributed by atoms with van der Waals surface area (Å²) in [4.78, 5) is 26.0. The second-order valence-electron chi connectivity index (χ2n) is 5.55. The van der Waals surface area contributed by atoms with E-state index in [1.807, 2.05) is 4.90 Å². The third-order valence-electron chi connectivity index (χ3n) is 3.94. The number of amides is 2. The number of nitrogens with one attached hydrogen (secondary N) is 1. The highest BCUT2D eigenvalue weighted by atomic mass is 35.5. The van der Waals surface area contributed by atoms with Gasteiger partial charge in [0.25, 0.3) is 5.91 Å². The Kier molecular flexibility index (Phi) is 4.02. The molecule has 22 heavy (non-hydrogen) atoms. The van der Waals surface area contributed by atoms with E-state index in [0.717, 1.165) is 12.3 Å². The Labute approximate surface area is 133 Å². The van der Waals surface area contributed by atoms with E-state index in [1.165, 1.54) is 5.01 Å². The lowest BCUT2D eigenvalue weighted by Gasteiger charge is -2.38. The van der Waals surface area contributed by atoms with Gasteiger partial charge in [0.2, 0.25) is 5.91 Å². The van der Waals surface area contributed by atoms with Gasteiger partial charge in [-0.2, -0.15) is 5.10 Å². The van der Waals surface area contributed by atoms with Crippen LogP contribution in [-0.2, 0) is 9.59 Å². The van der Waals surface area contributed by atoms with Crippen LogP contribution in [0.3, 0.4) is 0 Å². The van der Waals surface area contributed by atoms with E-state index in [1.54, 1.807) is 31.3 Å². The summed E-state index contributed by atoms with van der Waals surface area (Å²) in [5, 5.41) is 9.09. The van der Waals surface area contributed by atoms with Crippen molar-refractivity contribution in [1.29, 1.82) is 0 Å². The number of fused-ring (bicyclic) bond motifs is 1. The van der Waals surface area contributed by atoms with Gasteiger partial charge in [0.05, 0.1) is 5.92 Å². The van der Waals surface area contributed by atoms with Crippen LogP contribution in [0, 0.1) is 5.92 Å². The lowest BCUT2D eigenvalue weighted by atomic mass is 9.96. The van der Waals surface area contributed by atoms with Gasteiger partial charge in [0.1, 0.15) is 12.4 Å². The number of hydrogen-bond acceptors (Lipinski definition) is 4. The molecule has 0 aliphatic carbocycles. The second kappa shape index (κ2) is 5.96. The van der Waals surface area contributed by atoms with Gasteiger partial charge in [0.15, 0.2) is 0 Å². The Bertz CT molecular complexity index is 646. The predicted octanol–water partition coefficient (Wildman–Crippen LogP) is 1.78. The summed E-state index contributed by atoms with van der Waals surface area (Å²) < 4.78 is 0. The van der Waals surface area contributed by atoms with E-state index in [2.05, 4.69) is 10.4 Å². The van der Waals surface area contributed by atoms with E-state index in [9.17, 15) is 9.59 Å². The van der Waals surface area contributed by atoms with Gasteiger partial charge in [-0.05, 0) is 24.6 Å². The molecule has 2 heterocycles. The number of nitrogens with zero attached hydrogens (tertiary/aromatic N) is 3. The molecule has 1 unspecified atom stereocenters. The van der Waals surface area contributed by atoms with Gasteiger partial charge in [-0.15, -0.1) is 0 Å². The number of amidine groups is 1. The fraction of sp³-hybridized carbons (Fsp3) is 0.400. The molecule has 1 aromatic carbocycles. The highest BCUT2D eigenvalue weighted by Gasteiger charge is 2.33. The molecule has 2 amide bonds. The highest BCUT2D eigenvalue weighted by Crippen LogP contribution is 2.23. The molecule has 1 N–H and O–H groups in total. The maximum absolute atomic E-state index is 12.4. The van der Waals surface area contributed by atoms with Crippen LogP contribution >= 0.6 is 11.6 Å². The molecule has 1 saturated heterocycles. The number of halogens is 1. The molecule has 0 radical (unpaired) electrons. The number of carbonyl (C=O) groups is 2. The minimum absolute atomic E-state index is 0.0484. The maximum atomic E-state index is 12.4. The van der Waals surface area contributed by atoms with Crippen molar-refractivity contribution in [1.82, 2.24) is 9.91 Å². The minimum Gasteiger partial charge on any atom is -0.348 e. The molecule has 1 aromatic rings. The number of anilines is 1. The summed E-state index contributed by atoms with van der Waals surface area (Å²) in [6.07, 6.45) is 1.43. The molecule has 0 spiro atoms. The van der Waals surface area contributed by atoms with Crippen molar-refractivity contribution in [3.8, 4) is 0 Å². The first-order valence-electron chi connectivity index (χ1n) is 7.18. The SMILES string of the molecule is CN1N=C2CCC(C(=O)Nc3cccc(Cl)c3)CN2CC1=O. The van der Waals surface area contributed by atoms with Crippen molar-refractivity contribution < 1.29 is 9.59 Å². The van der Waals surface area contributed by atoms with Crippen LogP contribution in [0.1, 0.15) is 12.8 Å². The molecule has 7 heteroatoms. The fourth-order valence-electron chi connectivity index (χ4n) is 2.71. The molecule has 6 nitrogen and oxygen atoms in total. The smallest absolute Gasteiger partial charge is 0.261 e. The van der Waals surface area contributed by atoms with Crippen LogP contribution in [0.4, 0.5) is 5.69 Å². The number of carbonyl (C=O) groups excluding carboxylic acids is 2. The van der Waals surface area contributed by atoms with Crippen molar-refractivity contribution in [3.05, 3.63) is 29.3 Å². The van der Waals surface area contributed by atoms with E-state index < -0.39 is 0 Å². The van der Waals surface area contributed by atoms with Gasteiger partial charge in [-0.1, -0.05) is 17.7 Å². The quantitative estimate of drug-likeness (QED) is 0.903. The van der Waals surface area contributed by atoms with E-state index in [0.29, 0.717) is 23.7 Å². The summed E-state index contributed by atoms with van der Waals surface area (Å²) in [5.74, 6) is 0.621. The first-order valence-corrected chi connectivity index (χ1v) is 7.56. The van der Waals surface area contributed by atoms with E-state index in [4.69, 9.17) is 11.6 Å². The fourth-order valence-corrected chi connectivity index (χ4v) is 2.90. The largest absolute Gasteiger partial charge is 0.348 e. The monoisotopic (exact) mass is 320 g/mol. The standard InChI is InChI=1S/C15H17ClN4O2/c1-19-14(21)9-20-8-10(5-6-13(20)18-19)15(22)17-12-4-2-3-11(16)7-12/h2-4,7,10H,5-6,8-9H2,1H3,(H,17,22). The number of piperidine rings is 1. The first-order chi connectivity index (χ1) is 10.5.